The van der Waals surface area contributed by atoms with Crippen molar-refractivity contribution in [1.29, 1.82) is 0 Å². The van der Waals surface area contributed by atoms with Crippen LogP contribution in [0.15, 0.2) is 22.7 Å². The summed E-state index contributed by atoms with van der Waals surface area (Å²) in [4.78, 5) is 0.225. The highest BCUT2D eigenvalue weighted by Crippen LogP contribution is 2.48. The number of hydrogen-bond donors (Lipinski definition) is 1. The Balaban J connectivity index is 1.96. The van der Waals surface area contributed by atoms with E-state index in [0.29, 0.717) is 0 Å². The second kappa shape index (κ2) is 4.04. The zero-order valence-corrected chi connectivity index (χ0v) is 11.8. The van der Waals surface area contributed by atoms with E-state index in [2.05, 4.69) is 58.1 Å². The molecule has 2 unspecified atom stereocenters. The smallest absolute Gasteiger partial charge is 0.0907 e. The van der Waals surface area contributed by atoms with E-state index in [1.165, 1.54) is 34.2 Å². The van der Waals surface area contributed by atoms with E-state index in [9.17, 15) is 0 Å². The van der Waals surface area contributed by atoms with Crippen LogP contribution in [-0.4, -0.2) is 12.3 Å². The Bertz CT molecular complexity index is 410. The zero-order chi connectivity index (χ0) is 11.2. The normalized spacial score (nSPS) is 33.0. The van der Waals surface area contributed by atoms with Gasteiger partial charge < -0.3 is 0 Å². The van der Waals surface area contributed by atoms with Crippen molar-refractivity contribution in [2.24, 2.45) is 5.92 Å². The molecule has 0 aromatic heterocycles. The number of benzene rings is 1. The topological polar surface area (TPSA) is 12.0 Å². The van der Waals surface area contributed by atoms with E-state index < -0.39 is 0 Å². The maximum atomic E-state index is 3.77. The number of halogens is 1. The summed E-state index contributed by atoms with van der Waals surface area (Å²) in [5.74, 6) is 2.08. The number of hydrogen-bond acceptors (Lipinski definition) is 2. The first-order chi connectivity index (χ1) is 7.70. The Morgan fingerprint density at radius 3 is 3.12 bits per heavy atom. The highest BCUT2D eigenvalue weighted by molar-refractivity contribution is 9.10. The Kier molecular flexibility index (Phi) is 2.81. The van der Waals surface area contributed by atoms with Crippen LogP contribution in [0.3, 0.4) is 0 Å². The van der Waals surface area contributed by atoms with Gasteiger partial charge in [0.15, 0.2) is 0 Å². The first-order valence-electron chi connectivity index (χ1n) is 5.87. The van der Waals surface area contributed by atoms with Gasteiger partial charge in [-0.05, 0) is 47.8 Å². The molecule has 1 aromatic rings. The fourth-order valence-corrected chi connectivity index (χ4v) is 4.56. The molecule has 86 valence electrons. The summed E-state index contributed by atoms with van der Waals surface area (Å²) in [7, 11) is 0. The molecule has 1 N–H and O–H groups in total. The van der Waals surface area contributed by atoms with Gasteiger partial charge in [-0.15, -0.1) is 11.8 Å². The van der Waals surface area contributed by atoms with Crippen LogP contribution in [0.25, 0.3) is 0 Å². The molecule has 1 aliphatic heterocycles. The highest BCUT2D eigenvalue weighted by Gasteiger charge is 2.41. The first-order valence-corrected chi connectivity index (χ1v) is 7.65. The van der Waals surface area contributed by atoms with Crippen LogP contribution in [0.1, 0.15) is 24.5 Å². The molecule has 1 aliphatic carbocycles. The fourth-order valence-electron chi connectivity index (χ4n) is 2.68. The van der Waals surface area contributed by atoms with E-state index in [-0.39, 0.29) is 4.87 Å². The summed E-state index contributed by atoms with van der Waals surface area (Å²) in [5, 5.41) is 3.77. The van der Waals surface area contributed by atoms with Gasteiger partial charge in [0.05, 0.1) is 4.87 Å². The minimum Gasteiger partial charge on any atom is -0.299 e. The molecule has 2 aliphatic rings. The third-order valence-corrected chi connectivity index (χ3v) is 5.89. The predicted octanol–water partition coefficient (Wildman–Crippen LogP) is 3.52. The van der Waals surface area contributed by atoms with Gasteiger partial charge in [0.25, 0.3) is 0 Å². The average molecular weight is 298 g/mol. The minimum atomic E-state index is 0.225. The van der Waals surface area contributed by atoms with E-state index in [1.54, 1.807) is 0 Å². The van der Waals surface area contributed by atoms with Crippen molar-refractivity contribution in [3.63, 3.8) is 0 Å². The van der Waals surface area contributed by atoms with E-state index in [0.717, 1.165) is 12.5 Å². The molecule has 3 rings (SSSR count). The van der Waals surface area contributed by atoms with Gasteiger partial charge in [0.2, 0.25) is 0 Å². The summed E-state index contributed by atoms with van der Waals surface area (Å²) < 4.78 is 1.21. The Morgan fingerprint density at radius 2 is 2.38 bits per heavy atom. The van der Waals surface area contributed by atoms with Crippen molar-refractivity contribution in [1.82, 2.24) is 5.32 Å². The van der Waals surface area contributed by atoms with Gasteiger partial charge in [-0.1, -0.05) is 28.9 Å². The van der Waals surface area contributed by atoms with Crippen LogP contribution >= 0.6 is 27.7 Å². The molecule has 0 radical (unpaired) electrons. The van der Waals surface area contributed by atoms with Gasteiger partial charge in [-0.2, -0.15) is 0 Å². The summed E-state index contributed by atoms with van der Waals surface area (Å²) in [6.45, 7) is 3.48. The maximum Gasteiger partial charge on any atom is 0.0907 e. The SMILES string of the molecule is CC1CNC2(CCc3cc(Br)ccc32)SC1. The highest BCUT2D eigenvalue weighted by atomic mass is 79.9. The average Bonchev–Trinajstić information content (AvgIpc) is 2.62. The number of fused-ring (bicyclic) bond motifs is 2. The first kappa shape index (κ1) is 11.1. The monoisotopic (exact) mass is 297 g/mol. The fraction of sp³-hybridized carbons (Fsp3) is 0.538. The molecular weight excluding hydrogens is 282 g/mol. The molecule has 0 bridgehead atoms. The van der Waals surface area contributed by atoms with E-state index >= 15 is 0 Å². The molecule has 1 heterocycles. The molecule has 1 fully saturated rings. The lowest BCUT2D eigenvalue weighted by Gasteiger charge is -2.37. The van der Waals surface area contributed by atoms with Crippen LogP contribution in [0, 0.1) is 5.92 Å². The lowest BCUT2D eigenvalue weighted by Crippen LogP contribution is -2.44. The Morgan fingerprint density at radius 1 is 1.50 bits per heavy atom. The molecule has 1 aromatic carbocycles. The van der Waals surface area contributed by atoms with Crippen LogP contribution in [0.4, 0.5) is 0 Å². The van der Waals surface area contributed by atoms with Gasteiger partial charge >= 0.3 is 0 Å². The molecule has 0 saturated carbocycles. The number of rotatable bonds is 0. The van der Waals surface area contributed by atoms with Crippen LogP contribution in [0.5, 0.6) is 0 Å². The predicted molar refractivity (Wildman–Crippen MR) is 73.8 cm³/mol. The van der Waals surface area contributed by atoms with Crippen molar-refractivity contribution in [2.45, 2.75) is 24.6 Å². The van der Waals surface area contributed by atoms with Gasteiger partial charge in [0, 0.05) is 11.0 Å². The second-order valence-electron chi connectivity index (χ2n) is 4.93. The molecule has 3 heteroatoms. The quantitative estimate of drug-likeness (QED) is 0.786. The van der Waals surface area contributed by atoms with Gasteiger partial charge in [-0.25, -0.2) is 0 Å². The third kappa shape index (κ3) is 1.73. The van der Waals surface area contributed by atoms with Crippen LogP contribution in [0.2, 0.25) is 0 Å². The summed E-state index contributed by atoms with van der Waals surface area (Å²) in [6.07, 6.45) is 2.46. The van der Waals surface area contributed by atoms with E-state index in [1.807, 2.05) is 0 Å². The standard InChI is InChI=1S/C13H16BrNS/c1-9-7-15-13(16-8-9)5-4-10-6-11(14)2-3-12(10)13/h2-3,6,9,15H,4-5,7-8H2,1H3. The van der Waals surface area contributed by atoms with Crippen molar-refractivity contribution in [2.75, 3.05) is 12.3 Å². The Labute approximate surface area is 110 Å². The second-order valence-corrected chi connectivity index (χ2v) is 7.16. The molecular formula is C13H16BrNS. The van der Waals surface area contributed by atoms with Crippen LogP contribution < -0.4 is 5.32 Å². The number of thioether (sulfide) groups is 1. The van der Waals surface area contributed by atoms with Crippen molar-refractivity contribution in [3.8, 4) is 0 Å². The molecule has 1 nitrogen and oxygen atoms in total. The summed E-state index contributed by atoms with van der Waals surface area (Å²) in [6, 6.07) is 6.75. The molecule has 1 spiro atoms. The summed E-state index contributed by atoms with van der Waals surface area (Å²) in [5.41, 5.74) is 3.04. The third-order valence-electron chi connectivity index (χ3n) is 3.60. The molecule has 16 heavy (non-hydrogen) atoms. The molecule has 0 amide bonds. The lowest BCUT2D eigenvalue weighted by atomic mass is 10.1. The van der Waals surface area contributed by atoms with Gasteiger partial charge in [0.1, 0.15) is 0 Å². The molecule has 1 saturated heterocycles. The van der Waals surface area contributed by atoms with Crippen molar-refractivity contribution < 1.29 is 0 Å². The Hall–Kier alpha value is 0.01000. The minimum absolute atomic E-state index is 0.225. The zero-order valence-electron chi connectivity index (χ0n) is 9.42. The van der Waals surface area contributed by atoms with Crippen molar-refractivity contribution >= 4 is 27.7 Å². The summed E-state index contributed by atoms with van der Waals surface area (Å²) >= 11 is 5.66. The van der Waals surface area contributed by atoms with Crippen molar-refractivity contribution in [3.05, 3.63) is 33.8 Å². The largest absolute Gasteiger partial charge is 0.299 e. The molecule has 2 atom stereocenters. The number of nitrogens with one attached hydrogen (secondary N) is 1. The van der Waals surface area contributed by atoms with Gasteiger partial charge in [-0.3, -0.25) is 5.32 Å². The maximum absolute atomic E-state index is 3.77. The number of aryl methyl sites for hydroxylation is 1. The van der Waals surface area contributed by atoms with Crippen LogP contribution in [-0.2, 0) is 11.3 Å². The van der Waals surface area contributed by atoms with E-state index in [4.69, 9.17) is 0 Å². The lowest BCUT2D eigenvalue weighted by molar-refractivity contribution is 0.416.